The SMILES string of the molecule is CC(=O)CC[C@H](CC(=O)c1ccc(CCc2c[nH]c3nc(N)[nH]c(=O)c23)cc1)C(=O)O. The van der Waals surface area contributed by atoms with Crippen LogP contribution in [0.4, 0.5) is 5.95 Å². The topological polar surface area (TPSA) is 159 Å². The van der Waals surface area contributed by atoms with Gasteiger partial charge in [0.1, 0.15) is 11.4 Å². The molecule has 0 amide bonds. The zero-order valence-electron chi connectivity index (χ0n) is 17.1. The van der Waals surface area contributed by atoms with Gasteiger partial charge in [0.2, 0.25) is 5.95 Å². The Morgan fingerprint density at radius 3 is 2.52 bits per heavy atom. The van der Waals surface area contributed by atoms with E-state index >= 15 is 0 Å². The molecular formula is C22H24N4O5. The molecule has 0 radical (unpaired) electrons. The number of hydrogen-bond donors (Lipinski definition) is 4. The molecule has 3 aromatic rings. The van der Waals surface area contributed by atoms with Gasteiger partial charge in [0.05, 0.1) is 11.3 Å². The van der Waals surface area contributed by atoms with Gasteiger partial charge in [0.15, 0.2) is 5.78 Å². The highest BCUT2D eigenvalue weighted by Gasteiger charge is 2.22. The van der Waals surface area contributed by atoms with Crippen molar-refractivity contribution in [3.05, 3.63) is 57.5 Å². The summed E-state index contributed by atoms with van der Waals surface area (Å²) in [6.45, 7) is 1.40. The summed E-state index contributed by atoms with van der Waals surface area (Å²) in [4.78, 5) is 56.6. The fraction of sp³-hybridized carbons (Fsp3) is 0.318. The van der Waals surface area contributed by atoms with E-state index in [0.29, 0.717) is 29.4 Å². The summed E-state index contributed by atoms with van der Waals surface area (Å²) < 4.78 is 0. The van der Waals surface area contributed by atoms with Crippen molar-refractivity contribution in [3.63, 3.8) is 0 Å². The van der Waals surface area contributed by atoms with Crippen LogP contribution in [0.3, 0.4) is 0 Å². The number of carboxylic acids is 1. The van der Waals surface area contributed by atoms with Crippen LogP contribution in [-0.2, 0) is 22.4 Å². The minimum Gasteiger partial charge on any atom is -0.481 e. The number of fused-ring (bicyclic) bond motifs is 1. The average Bonchev–Trinajstić information content (AvgIpc) is 3.12. The number of carboxylic acid groups (broad SMARTS) is 1. The first-order chi connectivity index (χ1) is 14.7. The number of Topliss-reactive ketones (excluding diaryl/α,β-unsaturated/α-hetero) is 2. The van der Waals surface area contributed by atoms with Crippen molar-refractivity contribution in [2.75, 3.05) is 5.73 Å². The number of rotatable bonds is 10. The fourth-order valence-electron chi connectivity index (χ4n) is 3.49. The normalized spacial score (nSPS) is 12.0. The molecule has 1 aromatic carbocycles. The van der Waals surface area contributed by atoms with Gasteiger partial charge in [0, 0.05) is 24.6 Å². The maximum absolute atomic E-state index is 12.5. The summed E-state index contributed by atoms with van der Waals surface area (Å²) in [5.74, 6) is -2.26. The lowest BCUT2D eigenvalue weighted by molar-refractivity contribution is -0.142. The maximum Gasteiger partial charge on any atom is 0.306 e. The standard InChI is InChI=1S/C22H24N4O5/c1-12(27)2-6-15(21(30)31)10-17(28)14-7-3-13(4-8-14)5-9-16-11-24-19-18(16)20(29)26-22(23)25-19/h3-4,7-8,11,15H,2,5-6,9-10H2,1H3,(H,30,31)(H4,23,24,25,26,29)/t15-/m1/s1. The minimum absolute atomic E-state index is 0.0533. The minimum atomic E-state index is -1.07. The van der Waals surface area contributed by atoms with E-state index in [1.165, 1.54) is 6.92 Å². The number of carbonyl (C=O) groups excluding carboxylic acids is 2. The van der Waals surface area contributed by atoms with Crippen molar-refractivity contribution < 1.29 is 19.5 Å². The first-order valence-corrected chi connectivity index (χ1v) is 9.94. The lowest BCUT2D eigenvalue weighted by atomic mass is 9.93. The largest absolute Gasteiger partial charge is 0.481 e. The number of nitrogens with one attached hydrogen (secondary N) is 2. The predicted molar refractivity (Wildman–Crippen MR) is 115 cm³/mol. The average molecular weight is 424 g/mol. The highest BCUT2D eigenvalue weighted by molar-refractivity contribution is 5.98. The molecule has 1 atom stereocenters. The third-order valence-electron chi connectivity index (χ3n) is 5.23. The highest BCUT2D eigenvalue weighted by Crippen LogP contribution is 2.19. The third-order valence-corrected chi connectivity index (χ3v) is 5.23. The molecule has 0 aliphatic carbocycles. The summed E-state index contributed by atoms with van der Waals surface area (Å²) in [5.41, 5.74) is 7.92. The molecule has 0 aliphatic heterocycles. The molecular weight excluding hydrogens is 400 g/mol. The fourth-order valence-corrected chi connectivity index (χ4v) is 3.49. The molecule has 0 saturated carbocycles. The van der Waals surface area contributed by atoms with E-state index in [0.717, 1.165) is 11.1 Å². The molecule has 0 unspecified atom stereocenters. The number of carbonyl (C=O) groups is 3. The van der Waals surface area contributed by atoms with E-state index < -0.39 is 11.9 Å². The smallest absolute Gasteiger partial charge is 0.306 e. The molecule has 0 spiro atoms. The number of benzene rings is 1. The van der Waals surface area contributed by atoms with Crippen molar-refractivity contribution in [2.45, 2.75) is 39.0 Å². The molecule has 2 heterocycles. The molecule has 0 bridgehead atoms. The Kier molecular flexibility index (Phi) is 6.64. The predicted octanol–water partition coefficient (Wildman–Crippen LogP) is 2.26. The van der Waals surface area contributed by atoms with Crippen LogP contribution in [0.25, 0.3) is 11.0 Å². The lowest BCUT2D eigenvalue weighted by Crippen LogP contribution is -2.19. The van der Waals surface area contributed by atoms with Crippen LogP contribution in [0, 0.1) is 5.92 Å². The van der Waals surface area contributed by atoms with Crippen molar-refractivity contribution in [1.82, 2.24) is 15.0 Å². The van der Waals surface area contributed by atoms with Crippen molar-refractivity contribution in [1.29, 1.82) is 0 Å². The number of nitrogens with two attached hydrogens (primary N) is 1. The van der Waals surface area contributed by atoms with Crippen LogP contribution in [0.15, 0.2) is 35.3 Å². The second-order valence-corrected chi connectivity index (χ2v) is 7.59. The van der Waals surface area contributed by atoms with E-state index in [1.807, 2.05) is 12.1 Å². The Bertz CT molecular complexity index is 1180. The van der Waals surface area contributed by atoms with Gasteiger partial charge in [-0.05, 0) is 37.3 Å². The first kappa shape index (κ1) is 21.9. The van der Waals surface area contributed by atoms with E-state index in [9.17, 15) is 24.3 Å². The van der Waals surface area contributed by atoms with E-state index in [2.05, 4.69) is 15.0 Å². The van der Waals surface area contributed by atoms with Crippen LogP contribution in [0.5, 0.6) is 0 Å². The Morgan fingerprint density at radius 2 is 1.87 bits per heavy atom. The molecule has 5 N–H and O–H groups in total. The number of aryl methyl sites for hydroxylation is 2. The Hall–Kier alpha value is -3.75. The zero-order chi connectivity index (χ0) is 22.5. The van der Waals surface area contributed by atoms with Crippen LogP contribution in [-0.4, -0.2) is 37.6 Å². The summed E-state index contributed by atoms with van der Waals surface area (Å²) in [6, 6.07) is 6.97. The quantitative estimate of drug-likeness (QED) is 0.363. The highest BCUT2D eigenvalue weighted by atomic mass is 16.4. The van der Waals surface area contributed by atoms with Gasteiger partial charge in [-0.2, -0.15) is 4.98 Å². The molecule has 9 nitrogen and oxygen atoms in total. The molecule has 3 rings (SSSR count). The number of aromatic nitrogens is 3. The first-order valence-electron chi connectivity index (χ1n) is 9.94. The van der Waals surface area contributed by atoms with Gasteiger partial charge in [-0.1, -0.05) is 24.3 Å². The van der Waals surface area contributed by atoms with Crippen molar-refractivity contribution >= 4 is 34.5 Å². The number of anilines is 1. The number of aromatic amines is 2. The van der Waals surface area contributed by atoms with E-state index in [4.69, 9.17) is 5.73 Å². The van der Waals surface area contributed by atoms with Crippen LogP contribution >= 0.6 is 0 Å². The molecule has 162 valence electrons. The number of aliphatic carboxylic acids is 1. The van der Waals surface area contributed by atoms with Gasteiger partial charge in [0.25, 0.3) is 5.56 Å². The van der Waals surface area contributed by atoms with Crippen molar-refractivity contribution in [2.24, 2.45) is 5.92 Å². The lowest BCUT2D eigenvalue weighted by Gasteiger charge is -2.11. The second kappa shape index (κ2) is 9.38. The van der Waals surface area contributed by atoms with Crippen LogP contribution < -0.4 is 11.3 Å². The number of ketones is 2. The van der Waals surface area contributed by atoms with Gasteiger partial charge >= 0.3 is 5.97 Å². The monoisotopic (exact) mass is 424 g/mol. The Balaban J connectivity index is 1.64. The second-order valence-electron chi connectivity index (χ2n) is 7.59. The molecule has 0 aliphatic rings. The summed E-state index contributed by atoms with van der Waals surface area (Å²) in [5, 5.41) is 9.77. The number of nitrogen functional groups attached to an aromatic ring is 1. The zero-order valence-corrected chi connectivity index (χ0v) is 17.1. The van der Waals surface area contributed by atoms with Crippen molar-refractivity contribution in [3.8, 4) is 0 Å². The molecule has 2 aromatic heterocycles. The van der Waals surface area contributed by atoms with Crippen LogP contribution in [0.1, 0.15) is 47.7 Å². The number of H-pyrrole nitrogens is 2. The van der Waals surface area contributed by atoms with Gasteiger partial charge in [-0.25, -0.2) is 0 Å². The Morgan fingerprint density at radius 1 is 1.16 bits per heavy atom. The Labute approximate surface area is 177 Å². The van der Waals surface area contributed by atoms with E-state index in [-0.39, 0.29) is 42.3 Å². The molecule has 9 heteroatoms. The molecule has 0 saturated heterocycles. The van der Waals surface area contributed by atoms with E-state index in [1.54, 1.807) is 18.3 Å². The van der Waals surface area contributed by atoms with Gasteiger partial charge in [-0.15, -0.1) is 0 Å². The summed E-state index contributed by atoms with van der Waals surface area (Å²) >= 11 is 0. The maximum atomic E-state index is 12.5. The third kappa shape index (κ3) is 5.44. The number of hydrogen-bond acceptors (Lipinski definition) is 6. The summed E-state index contributed by atoms with van der Waals surface area (Å²) in [6.07, 6.45) is 3.12. The molecule has 31 heavy (non-hydrogen) atoms. The number of nitrogens with zero attached hydrogens (tertiary/aromatic N) is 1. The van der Waals surface area contributed by atoms with Gasteiger partial charge < -0.3 is 20.6 Å². The van der Waals surface area contributed by atoms with Gasteiger partial charge in [-0.3, -0.25) is 19.4 Å². The van der Waals surface area contributed by atoms with Crippen LogP contribution in [0.2, 0.25) is 0 Å². The molecule has 0 fully saturated rings. The summed E-state index contributed by atoms with van der Waals surface area (Å²) in [7, 11) is 0.